The van der Waals surface area contributed by atoms with Crippen molar-refractivity contribution in [2.24, 2.45) is 0 Å². The van der Waals surface area contributed by atoms with E-state index in [0.717, 1.165) is 5.69 Å². The van der Waals surface area contributed by atoms with Gasteiger partial charge in [-0.3, -0.25) is 9.36 Å². The van der Waals surface area contributed by atoms with Crippen molar-refractivity contribution in [3.63, 3.8) is 0 Å². The van der Waals surface area contributed by atoms with E-state index in [2.05, 4.69) is 10.3 Å². The van der Waals surface area contributed by atoms with Crippen LogP contribution in [0.3, 0.4) is 0 Å². The predicted molar refractivity (Wildman–Crippen MR) is 101 cm³/mol. The molecule has 0 spiro atoms. The van der Waals surface area contributed by atoms with E-state index in [1.807, 2.05) is 6.07 Å². The molecule has 0 unspecified atom stereocenters. The van der Waals surface area contributed by atoms with Crippen LogP contribution in [0.4, 0.5) is 5.69 Å². The van der Waals surface area contributed by atoms with Gasteiger partial charge in [-0.15, -0.1) is 0 Å². The molecule has 1 heterocycles. The van der Waals surface area contributed by atoms with E-state index in [1.165, 1.54) is 22.8 Å². The largest absolute Gasteiger partial charge is 0.452 e. The summed E-state index contributed by atoms with van der Waals surface area (Å²) in [6.07, 6.45) is 1.59. The number of esters is 1. The Bertz CT molecular complexity index is 1120. The number of aryl methyl sites for hydroxylation is 1. The van der Waals surface area contributed by atoms with Gasteiger partial charge in [0.2, 0.25) is 0 Å². The van der Waals surface area contributed by atoms with Gasteiger partial charge in [-0.2, -0.15) is 5.26 Å². The van der Waals surface area contributed by atoms with Gasteiger partial charge in [0.25, 0.3) is 5.91 Å². The van der Waals surface area contributed by atoms with Crippen molar-refractivity contribution >= 4 is 17.6 Å². The number of nitriles is 1. The first kappa shape index (κ1) is 18.7. The number of carbonyl (C=O) groups is 2. The lowest BCUT2D eigenvalue weighted by Gasteiger charge is -2.08. The molecule has 0 saturated heterocycles. The minimum atomic E-state index is -0.661. The molecule has 0 saturated carbocycles. The third-order valence-electron chi connectivity index (χ3n) is 3.93. The van der Waals surface area contributed by atoms with Gasteiger partial charge in [-0.1, -0.05) is 6.07 Å². The Balaban J connectivity index is 1.59. The summed E-state index contributed by atoms with van der Waals surface area (Å²) in [6.45, 7) is 1.32. The minimum Gasteiger partial charge on any atom is -0.452 e. The van der Waals surface area contributed by atoms with Crippen LogP contribution in [-0.4, -0.2) is 28.0 Å². The van der Waals surface area contributed by atoms with Gasteiger partial charge < -0.3 is 15.0 Å². The van der Waals surface area contributed by atoms with Gasteiger partial charge >= 0.3 is 11.7 Å². The van der Waals surface area contributed by atoms with Crippen LogP contribution in [0.5, 0.6) is 0 Å². The lowest BCUT2D eigenvalue weighted by molar-refractivity contribution is -0.119. The highest BCUT2D eigenvalue weighted by Crippen LogP contribution is 2.12. The molecule has 0 atom stereocenters. The van der Waals surface area contributed by atoms with Crippen molar-refractivity contribution in [3.8, 4) is 11.8 Å². The highest BCUT2D eigenvalue weighted by molar-refractivity contribution is 5.95. The number of ether oxygens (including phenoxy) is 1. The number of carbonyl (C=O) groups excluding carboxylic acids is 2. The van der Waals surface area contributed by atoms with Crippen LogP contribution in [0, 0.1) is 18.3 Å². The number of hydrogen-bond donors (Lipinski definition) is 2. The maximum absolute atomic E-state index is 12.1. The molecule has 28 heavy (non-hydrogen) atoms. The molecule has 1 aromatic heterocycles. The number of rotatable bonds is 5. The third-order valence-corrected chi connectivity index (χ3v) is 3.93. The van der Waals surface area contributed by atoms with Crippen molar-refractivity contribution < 1.29 is 14.3 Å². The zero-order chi connectivity index (χ0) is 20.1. The molecule has 8 heteroatoms. The number of amides is 1. The van der Waals surface area contributed by atoms with Gasteiger partial charge in [0.15, 0.2) is 6.61 Å². The summed E-state index contributed by atoms with van der Waals surface area (Å²) < 4.78 is 6.48. The molecular formula is C20H16N4O4. The van der Waals surface area contributed by atoms with Crippen molar-refractivity contribution in [1.29, 1.82) is 5.26 Å². The molecule has 2 N–H and O–H groups in total. The van der Waals surface area contributed by atoms with Crippen LogP contribution >= 0.6 is 0 Å². The summed E-state index contributed by atoms with van der Waals surface area (Å²) in [5, 5.41) is 11.4. The van der Waals surface area contributed by atoms with E-state index in [9.17, 15) is 14.4 Å². The van der Waals surface area contributed by atoms with Crippen LogP contribution in [0.1, 0.15) is 21.6 Å². The van der Waals surface area contributed by atoms with Gasteiger partial charge in [0, 0.05) is 17.6 Å². The molecule has 0 bridgehead atoms. The van der Waals surface area contributed by atoms with Gasteiger partial charge in [-0.25, -0.2) is 9.59 Å². The number of nitrogens with zero attached hydrogens (tertiary/aromatic N) is 2. The first-order valence-electron chi connectivity index (χ1n) is 8.32. The Morgan fingerprint density at radius 2 is 1.96 bits per heavy atom. The molecule has 1 amide bonds. The standard InChI is InChI=1S/C20H16N4O4/c1-13-11-22-20(27)24(13)17-7-5-15(6-8-17)19(26)28-12-18(25)23-16-4-2-3-14(9-16)10-21/h2-9,11H,12H2,1H3,(H,22,27)(H,23,25). The first-order valence-corrected chi connectivity index (χ1v) is 8.32. The van der Waals surface area contributed by atoms with E-state index in [-0.39, 0.29) is 11.3 Å². The summed E-state index contributed by atoms with van der Waals surface area (Å²) in [4.78, 5) is 38.4. The molecule has 140 valence electrons. The van der Waals surface area contributed by atoms with Gasteiger partial charge in [0.05, 0.1) is 22.9 Å². The number of benzene rings is 2. The highest BCUT2D eigenvalue weighted by atomic mass is 16.5. The van der Waals surface area contributed by atoms with Crippen molar-refractivity contribution in [1.82, 2.24) is 9.55 Å². The normalized spacial score (nSPS) is 10.1. The van der Waals surface area contributed by atoms with Crippen LogP contribution in [0.15, 0.2) is 59.5 Å². The maximum Gasteiger partial charge on any atom is 0.338 e. The molecule has 0 radical (unpaired) electrons. The fourth-order valence-corrected chi connectivity index (χ4v) is 2.60. The Morgan fingerprint density at radius 3 is 2.61 bits per heavy atom. The van der Waals surface area contributed by atoms with Gasteiger partial charge in [0.1, 0.15) is 0 Å². The second kappa shape index (κ2) is 8.05. The molecule has 2 aromatic carbocycles. The average molecular weight is 376 g/mol. The molecule has 0 aliphatic carbocycles. The number of hydrogen-bond acceptors (Lipinski definition) is 5. The Labute approximate surface area is 160 Å². The Morgan fingerprint density at radius 1 is 1.21 bits per heavy atom. The quantitative estimate of drug-likeness (QED) is 0.662. The third kappa shape index (κ3) is 4.16. The summed E-state index contributed by atoms with van der Waals surface area (Å²) >= 11 is 0. The summed E-state index contributed by atoms with van der Waals surface area (Å²) in [5.74, 6) is -1.18. The van der Waals surface area contributed by atoms with Crippen molar-refractivity contribution in [2.75, 3.05) is 11.9 Å². The second-order valence-electron chi connectivity index (χ2n) is 5.93. The zero-order valence-corrected chi connectivity index (χ0v) is 14.9. The fraction of sp³-hybridized carbons (Fsp3) is 0.100. The predicted octanol–water partition coefficient (Wildman–Crippen LogP) is 2.14. The van der Waals surface area contributed by atoms with E-state index in [0.29, 0.717) is 16.9 Å². The van der Waals surface area contributed by atoms with E-state index >= 15 is 0 Å². The number of aromatic amines is 1. The topological polar surface area (TPSA) is 117 Å². The number of imidazole rings is 1. The molecule has 3 aromatic rings. The summed E-state index contributed by atoms with van der Waals surface area (Å²) in [6, 6.07) is 14.6. The van der Waals surface area contributed by atoms with Crippen LogP contribution in [0.2, 0.25) is 0 Å². The Kier molecular flexibility index (Phi) is 5.37. The highest BCUT2D eigenvalue weighted by Gasteiger charge is 2.12. The monoisotopic (exact) mass is 376 g/mol. The van der Waals surface area contributed by atoms with E-state index in [4.69, 9.17) is 10.00 Å². The average Bonchev–Trinajstić information content (AvgIpc) is 3.04. The molecular weight excluding hydrogens is 360 g/mol. The molecule has 0 aliphatic heterocycles. The molecule has 0 aliphatic rings. The zero-order valence-electron chi connectivity index (χ0n) is 14.9. The minimum absolute atomic E-state index is 0.254. The maximum atomic E-state index is 12.1. The number of H-pyrrole nitrogens is 1. The first-order chi connectivity index (χ1) is 13.5. The lowest BCUT2D eigenvalue weighted by Crippen LogP contribution is -2.21. The molecule has 0 fully saturated rings. The number of anilines is 1. The number of nitrogens with one attached hydrogen (secondary N) is 2. The second-order valence-corrected chi connectivity index (χ2v) is 5.93. The van der Waals surface area contributed by atoms with Crippen LogP contribution in [0.25, 0.3) is 5.69 Å². The molecule has 3 rings (SSSR count). The van der Waals surface area contributed by atoms with Crippen molar-refractivity contribution in [2.45, 2.75) is 6.92 Å². The fourth-order valence-electron chi connectivity index (χ4n) is 2.60. The smallest absolute Gasteiger partial charge is 0.338 e. The van der Waals surface area contributed by atoms with Crippen molar-refractivity contribution in [3.05, 3.63) is 82.0 Å². The van der Waals surface area contributed by atoms with E-state index < -0.39 is 18.5 Å². The van der Waals surface area contributed by atoms with Crippen LogP contribution in [-0.2, 0) is 9.53 Å². The SMILES string of the molecule is Cc1c[nH]c(=O)n1-c1ccc(C(=O)OCC(=O)Nc2cccc(C#N)c2)cc1. The van der Waals surface area contributed by atoms with Gasteiger partial charge in [-0.05, 0) is 49.4 Å². The summed E-state index contributed by atoms with van der Waals surface area (Å²) in [5.41, 5.74) is 2.17. The summed E-state index contributed by atoms with van der Waals surface area (Å²) in [7, 11) is 0. The molecule has 8 nitrogen and oxygen atoms in total. The lowest BCUT2D eigenvalue weighted by atomic mass is 10.2. The Hall–Kier alpha value is -4.12. The number of aromatic nitrogens is 2. The van der Waals surface area contributed by atoms with E-state index in [1.54, 1.807) is 43.5 Å². The van der Waals surface area contributed by atoms with Crippen LogP contribution < -0.4 is 11.0 Å².